The molecule has 0 aliphatic heterocycles. The number of nitrogens with zero attached hydrogens (tertiary/aromatic N) is 1. The first-order valence-corrected chi connectivity index (χ1v) is 7.03. The maximum atomic E-state index is 11.5. The lowest BCUT2D eigenvalue weighted by Gasteiger charge is -2.29. The molecule has 1 amide bonds. The Hall–Kier alpha value is -2.15. The van der Waals surface area contributed by atoms with Crippen molar-refractivity contribution in [3.63, 3.8) is 0 Å². The molecule has 2 rings (SSSR count). The Morgan fingerprint density at radius 3 is 2.43 bits per heavy atom. The van der Waals surface area contributed by atoms with Gasteiger partial charge >= 0.3 is 0 Å². The summed E-state index contributed by atoms with van der Waals surface area (Å²) in [5, 5.41) is 17.3. The zero-order chi connectivity index (χ0) is 15.4. The lowest BCUT2D eigenvalue weighted by Crippen LogP contribution is -2.35. The number of rotatable bonds is 5. The molecule has 0 unspecified atom stereocenters. The Morgan fingerprint density at radius 1 is 1.29 bits per heavy atom. The van der Waals surface area contributed by atoms with Crippen molar-refractivity contribution in [2.24, 2.45) is 5.73 Å². The first-order chi connectivity index (χ1) is 10.0. The molecule has 1 fully saturated rings. The minimum absolute atomic E-state index is 0.131. The molecular formula is C14H20N4O3. The van der Waals surface area contributed by atoms with Gasteiger partial charge in [-0.2, -0.15) is 0 Å². The number of nitro benzene ring substituents is 1. The van der Waals surface area contributed by atoms with Gasteiger partial charge in [-0.15, -0.1) is 0 Å². The number of hydrogen-bond acceptors (Lipinski definition) is 5. The highest BCUT2D eigenvalue weighted by molar-refractivity contribution is 5.99. The number of carbonyl (C=O) groups is 1. The molecule has 21 heavy (non-hydrogen) atoms. The molecule has 114 valence electrons. The molecular weight excluding hydrogens is 272 g/mol. The van der Waals surface area contributed by atoms with E-state index in [4.69, 9.17) is 5.73 Å². The summed E-state index contributed by atoms with van der Waals surface area (Å²) in [7, 11) is 1.96. The summed E-state index contributed by atoms with van der Waals surface area (Å²) in [5.74, 6) is -0.662. The molecule has 7 nitrogen and oxygen atoms in total. The van der Waals surface area contributed by atoms with Gasteiger partial charge in [-0.25, -0.2) is 0 Å². The number of non-ortho nitro benzene ring substituents is 1. The SMILES string of the molecule is CNC1CCC(Nc2ccc([N+](=O)[O-])cc2C(N)=O)CC1. The van der Waals surface area contributed by atoms with Crippen LogP contribution in [0.25, 0.3) is 0 Å². The monoisotopic (exact) mass is 292 g/mol. The molecule has 0 saturated heterocycles. The number of amides is 1. The van der Waals surface area contributed by atoms with Crippen molar-refractivity contribution in [2.45, 2.75) is 37.8 Å². The van der Waals surface area contributed by atoms with Gasteiger partial charge in [0.2, 0.25) is 0 Å². The number of carbonyl (C=O) groups excluding carboxylic acids is 1. The van der Waals surface area contributed by atoms with Crippen molar-refractivity contribution >= 4 is 17.3 Å². The number of primary amides is 1. The number of anilines is 1. The number of nitrogens with one attached hydrogen (secondary N) is 2. The highest BCUT2D eigenvalue weighted by Gasteiger charge is 2.22. The van der Waals surface area contributed by atoms with Gasteiger partial charge in [0.15, 0.2) is 0 Å². The standard InChI is InChI=1S/C14H20N4O3/c1-16-9-2-4-10(5-3-9)17-13-7-6-11(18(20)21)8-12(13)14(15)19/h6-10,16-17H,2-5H2,1H3,(H2,15,19). The summed E-state index contributed by atoms with van der Waals surface area (Å²) in [5.41, 5.74) is 5.93. The molecule has 0 spiro atoms. The zero-order valence-corrected chi connectivity index (χ0v) is 12.0. The van der Waals surface area contributed by atoms with Gasteiger partial charge in [-0.3, -0.25) is 14.9 Å². The second kappa shape index (κ2) is 6.53. The van der Waals surface area contributed by atoms with Crippen molar-refractivity contribution in [3.05, 3.63) is 33.9 Å². The van der Waals surface area contributed by atoms with E-state index in [1.54, 1.807) is 6.07 Å². The molecule has 1 aromatic carbocycles. The van der Waals surface area contributed by atoms with E-state index in [2.05, 4.69) is 10.6 Å². The van der Waals surface area contributed by atoms with Gasteiger partial charge in [-0.05, 0) is 38.8 Å². The van der Waals surface area contributed by atoms with Crippen LogP contribution in [0.5, 0.6) is 0 Å². The second-order valence-electron chi connectivity index (χ2n) is 5.33. The third-order valence-electron chi connectivity index (χ3n) is 3.97. The van der Waals surface area contributed by atoms with Crippen LogP contribution in [0.4, 0.5) is 11.4 Å². The summed E-state index contributed by atoms with van der Waals surface area (Å²) in [6, 6.07) is 4.96. The molecule has 1 saturated carbocycles. The molecule has 0 heterocycles. The first kappa shape index (κ1) is 15.2. The van der Waals surface area contributed by atoms with E-state index < -0.39 is 10.8 Å². The average molecular weight is 292 g/mol. The zero-order valence-electron chi connectivity index (χ0n) is 12.0. The van der Waals surface area contributed by atoms with Gasteiger partial charge in [-0.1, -0.05) is 0 Å². The van der Waals surface area contributed by atoms with Crippen molar-refractivity contribution in [3.8, 4) is 0 Å². The van der Waals surface area contributed by atoms with E-state index in [9.17, 15) is 14.9 Å². The third kappa shape index (κ3) is 3.69. The molecule has 1 aliphatic carbocycles. The normalized spacial score (nSPS) is 21.8. The van der Waals surface area contributed by atoms with Crippen LogP contribution in [0.15, 0.2) is 18.2 Å². The average Bonchev–Trinajstić information content (AvgIpc) is 2.48. The molecule has 7 heteroatoms. The highest BCUT2D eigenvalue weighted by Crippen LogP contribution is 2.26. The fourth-order valence-electron chi connectivity index (χ4n) is 2.72. The van der Waals surface area contributed by atoms with Gasteiger partial charge in [0, 0.05) is 29.9 Å². The molecule has 1 aromatic rings. The van der Waals surface area contributed by atoms with Crippen LogP contribution in [-0.4, -0.2) is 30.0 Å². The van der Waals surface area contributed by atoms with E-state index in [0.29, 0.717) is 11.7 Å². The fraction of sp³-hybridized carbons (Fsp3) is 0.500. The maximum absolute atomic E-state index is 11.5. The van der Waals surface area contributed by atoms with Crippen molar-refractivity contribution in [1.82, 2.24) is 5.32 Å². The summed E-state index contributed by atoms with van der Waals surface area (Å²) in [6.07, 6.45) is 4.10. The van der Waals surface area contributed by atoms with Gasteiger partial charge in [0.05, 0.1) is 10.5 Å². The number of nitro groups is 1. The lowest BCUT2D eigenvalue weighted by atomic mass is 9.91. The first-order valence-electron chi connectivity index (χ1n) is 7.03. The van der Waals surface area contributed by atoms with Gasteiger partial charge in [0.25, 0.3) is 11.6 Å². The van der Waals surface area contributed by atoms with Crippen LogP contribution in [0, 0.1) is 10.1 Å². The fourth-order valence-corrected chi connectivity index (χ4v) is 2.72. The Bertz CT molecular complexity index is 539. The van der Waals surface area contributed by atoms with Crippen LogP contribution >= 0.6 is 0 Å². The molecule has 4 N–H and O–H groups in total. The van der Waals surface area contributed by atoms with E-state index >= 15 is 0 Å². The Balaban J connectivity index is 2.13. The topological polar surface area (TPSA) is 110 Å². The maximum Gasteiger partial charge on any atom is 0.270 e. The minimum atomic E-state index is -0.662. The number of hydrogen-bond donors (Lipinski definition) is 3. The number of nitrogens with two attached hydrogens (primary N) is 1. The van der Waals surface area contributed by atoms with Crippen LogP contribution in [-0.2, 0) is 0 Å². The molecule has 0 bridgehead atoms. The highest BCUT2D eigenvalue weighted by atomic mass is 16.6. The Kier molecular flexibility index (Phi) is 4.74. The number of benzene rings is 1. The van der Waals surface area contributed by atoms with Gasteiger partial charge in [0.1, 0.15) is 0 Å². The van der Waals surface area contributed by atoms with E-state index in [1.807, 2.05) is 7.05 Å². The van der Waals surface area contributed by atoms with Crippen molar-refractivity contribution < 1.29 is 9.72 Å². The van der Waals surface area contributed by atoms with Crippen molar-refractivity contribution in [2.75, 3.05) is 12.4 Å². The summed E-state index contributed by atoms with van der Waals surface area (Å²) in [6.45, 7) is 0. The molecule has 0 radical (unpaired) electrons. The smallest absolute Gasteiger partial charge is 0.270 e. The van der Waals surface area contributed by atoms with Crippen LogP contribution < -0.4 is 16.4 Å². The summed E-state index contributed by atoms with van der Waals surface area (Å²) < 4.78 is 0. The Morgan fingerprint density at radius 2 is 1.90 bits per heavy atom. The summed E-state index contributed by atoms with van der Waals surface area (Å²) >= 11 is 0. The van der Waals surface area contributed by atoms with E-state index in [-0.39, 0.29) is 17.3 Å². The van der Waals surface area contributed by atoms with E-state index in [0.717, 1.165) is 25.7 Å². The van der Waals surface area contributed by atoms with Crippen LogP contribution in [0.1, 0.15) is 36.0 Å². The predicted molar refractivity (Wildman–Crippen MR) is 80.3 cm³/mol. The van der Waals surface area contributed by atoms with Crippen LogP contribution in [0.2, 0.25) is 0 Å². The second-order valence-corrected chi connectivity index (χ2v) is 5.33. The Labute approximate surface area is 123 Å². The molecule has 1 aliphatic rings. The van der Waals surface area contributed by atoms with Crippen LogP contribution in [0.3, 0.4) is 0 Å². The van der Waals surface area contributed by atoms with E-state index in [1.165, 1.54) is 12.1 Å². The summed E-state index contributed by atoms with van der Waals surface area (Å²) in [4.78, 5) is 21.7. The lowest BCUT2D eigenvalue weighted by molar-refractivity contribution is -0.384. The third-order valence-corrected chi connectivity index (χ3v) is 3.97. The molecule has 0 aromatic heterocycles. The predicted octanol–water partition coefficient (Wildman–Crippen LogP) is 1.64. The van der Waals surface area contributed by atoms with Gasteiger partial charge < -0.3 is 16.4 Å². The quantitative estimate of drug-likeness (QED) is 0.564. The molecule has 0 atom stereocenters. The van der Waals surface area contributed by atoms with Crippen molar-refractivity contribution in [1.29, 1.82) is 0 Å². The largest absolute Gasteiger partial charge is 0.382 e. The minimum Gasteiger partial charge on any atom is -0.382 e.